The molecule has 1 fully saturated rings. The van der Waals surface area contributed by atoms with Crippen LogP contribution in [0.3, 0.4) is 0 Å². The maximum absolute atomic E-state index is 13.1. The van der Waals surface area contributed by atoms with Gasteiger partial charge in [-0.05, 0) is 58.6 Å². The van der Waals surface area contributed by atoms with Crippen molar-refractivity contribution >= 4 is 23.2 Å². The number of nitrogens with one attached hydrogen (secondary N) is 3. The van der Waals surface area contributed by atoms with E-state index in [9.17, 15) is 15.0 Å². The summed E-state index contributed by atoms with van der Waals surface area (Å²) in [7, 11) is 1.77. The van der Waals surface area contributed by atoms with E-state index in [1.165, 1.54) is 6.20 Å². The molecule has 3 heterocycles. The third kappa shape index (κ3) is 4.81. The highest BCUT2D eigenvalue weighted by Crippen LogP contribution is 2.28. The van der Waals surface area contributed by atoms with Crippen molar-refractivity contribution in [2.45, 2.75) is 70.4 Å². The number of aliphatic hydroxyl groups excluding tert-OH is 1. The number of hydrogen-bond acceptors (Lipinski definition) is 8. The maximum Gasteiger partial charge on any atom is 0.256 e. The summed E-state index contributed by atoms with van der Waals surface area (Å²) < 4.78 is 1.57. The van der Waals surface area contributed by atoms with Crippen molar-refractivity contribution in [3.63, 3.8) is 0 Å². The molecule has 2 aromatic rings. The van der Waals surface area contributed by atoms with Gasteiger partial charge in [-0.3, -0.25) is 4.79 Å². The highest BCUT2D eigenvalue weighted by molar-refractivity contribution is 6.00. The average Bonchev–Trinajstić information content (AvgIpc) is 3.18. The second kappa shape index (κ2) is 9.03. The van der Waals surface area contributed by atoms with E-state index in [0.717, 1.165) is 19.3 Å². The molecule has 1 aliphatic heterocycles. The van der Waals surface area contributed by atoms with Gasteiger partial charge in [0.1, 0.15) is 17.2 Å². The third-order valence-corrected chi connectivity index (χ3v) is 6.23. The lowest BCUT2D eigenvalue weighted by Gasteiger charge is -2.34. The number of allylic oxidation sites excluding steroid dienone is 2. The van der Waals surface area contributed by atoms with Crippen molar-refractivity contribution in [2.75, 3.05) is 17.7 Å². The van der Waals surface area contributed by atoms with Gasteiger partial charge in [-0.1, -0.05) is 0 Å². The topological polar surface area (TPSA) is 127 Å². The van der Waals surface area contributed by atoms with Gasteiger partial charge in [0.25, 0.3) is 5.91 Å². The summed E-state index contributed by atoms with van der Waals surface area (Å²) in [4.78, 5) is 19.5. The number of carbonyl (C=O) groups is 1. The summed E-state index contributed by atoms with van der Waals surface area (Å²) in [6, 6.07) is 1.79. The molecule has 178 valence electrons. The Morgan fingerprint density at radius 2 is 2.15 bits per heavy atom. The number of aliphatic hydroxyl groups is 2. The van der Waals surface area contributed by atoms with Gasteiger partial charge in [0.2, 0.25) is 0 Å². The van der Waals surface area contributed by atoms with Crippen molar-refractivity contribution in [1.29, 1.82) is 0 Å². The Morgan fingerprint density at radius 1 is 1.36 bits per heavy atom. The first-order valence-corrected chi connectivity index (χ1v) is 11.4. The molecule has 10 heteroatoms. The molecule has 3 atom stereocenters. The van der Waals surface area contributed by atoms with Gasteiger partial charge in [0.15, 0.2) is 11.9 Å². The van der Waals surface area contributed by atoms with Gasteiger partial charge < -0.3 is 31.1 Å². The fourth-order valence-electron chi connectivity index (χ4n) is 4.50. The molecule has 2 aromatic heterocycles. The zero-order chi connectivity index (χ0) is 23.8. The second-order valence-electron chi connectivity index (χ2n) is 9.34. The minimum absolute atomic E-state index is 0.0994. The molecular formula is C23H33N7O3. The van der Waals surface area contributed by atoms with Gasteiger partial charge in [-0.25, -0.2) is 4.98 Å². The van der Waals surface area contributed by atoms with Crippen LogP contribution in [0.25, 0.3) is 5.65 Å². The normalized spacial score (nSPS) is 25.3. The molecule has 4 rings (SSSR count). The second-order valence-corrected chi connectivity index (χ2v) is 9.34. The Labute approximate surface area is 193 Å². The molecule has 1 saturated carbocycles. The largest absolute Gasteiger partial charge is 0.390 e. The van der Waals surface area contributed by atoms with Crippen LogP contribution in [0.15, 0.2) is 36.3 Å². The van der Waals surface area contributed by atoms with Crippen molar-refractivity contribution in [3.8, 4) is 0 Å². The molecule has 33 heavy (non-hydrogen) atoms. The lowest BCUT2D eigenvalue weighted by atomic mass is 9.83. The van der Waals surface area contributed by atoms with Gasteiger partial charge in [0, 0.05) is 31.4 Å². The lowest BCUT2D eigenvalue weighted by molar-refractivity contribution is 0.0106. The molecular weight excluding hydrogens is 422 g/mol. The summed E-state index contributed by atoms with van der Waals surface area (Å²) in [5.74, 6) is 0.848. The van der Waals surface area contributed by atoms with E-state index in [0.29, 0.717) is 35.0 Å². The Bertz CT molecular complexity index is 1090. The standard InChI is InChI=1S/C23H33N7O3/c1-14(2)29-10-6-8-17(22(29)32)27-18-11-19(24-4)30-20(28-18)16(13-25-30)21(31)26-15-7-5-9-23(3,33)12-15/h6,8,10-11,13-15,22,24,32-33H,5,7,9,12H2,1-4H3,(H,26,31)(H,27,28)/t15?,22?,23-/m1/s1. The van der Waals surface area contributed by atoms with Crippen molar-refractivity contribution < 1.29 is 15.0 Å². The van der Waals surface area contributed by atoms with Crippen LogP contribution in [0.2, 0.25) is 0 Å². The van der Waals surface area contributed by atoms with Crippen LogP contribution in [0.1, 0.15) is 56.8 Å². The molecule has 2 unspecified atom stereocenters. The number of amides is 1. The van der Waals surface area contributed by atoms with Crippen molar-refractivity contribution in [3.05, 3.63) is 41.9 Å². The van der Waals surface area contributed by atoms with E-state index in [-0.39, 0.29) is 18.0 Å². The van der Waals surface area contributed by atoms with Crippen LogP contribution in [-0.4, -0.2) is 66.6 Å². The summed E-state index contributed by atoms with van der Waals surface area (Å²) in [6.45, 7) is 5.81. The molecule has 5 N–H and O–H groups in total. The SMILES string of the molecule is CNc1cc(NC2=CC=CN(C(C)C)C2O)nc2c(C(=O)NC3CCC[C@@](C)(O)C3)cnn12. The Kier molecular flexibility index (Phi) is 6.31. The molecule has 1 amide bonds. The highest BCUT2D eigenvalue weighted by Gasteiger charge is 2.31. The van der Waals surface area contributed by atoms with Crippen LogP contribution in [-0.2, 0) is 0 Å². The Morgan fingerprint density at radius 3 is 2.85 bits per heavy atom. The van der Waals surface area contributed by atoms with E-state index in [1.54, 1.807) is 23.7 Å². The molecule has 1 aliphatic carbocycles. The van der Waals surface area contributed by atoms with Gasteiger partial charge in [-0.2, -0.15) is 9.61 Å². The molecule has 0 radical (unpaired) electrons. The van der Waals surface area contributed by atoms with E-state index in [1.807, 2.05) is 37.9 Å². The first-order chi connectivity index (χ1) is 15.7. The molecule has 0 aromatic carbocycles. The zero-order valence-corrected chi connectivity index (χ0v) is 19.5. The minimum Gasteiger partial charge on any atom is -0.390 e. The fraction of sp³-hybridized carbons (Fsp3) is 0.522. The number of nitrogens with zero attached hydrogens (tertiary/aromatic N) is 4. The number of anilines is 2. The van der Waals surface area contributed by atoms with E-state index in [2.05, 4.69) is 26.0 Å². The van der Waals surface area contributed by atoms with Crippen LogP contribution in [0.5, 0.6) is 0 Å². The summed E-state index contributed by atoms with van der Waals surface area (Å²) in [6.07, 6.45) is 9.13. The Balaban J connectivity index is 1.60. The molecule has 0 saturated heterocycles. The number of fused-ring (bicyclic) bond motifs is 1. The number of aromatic nitrogens is 3. The third-order valence-electron chi connectivity index (χ3n) is 6.23. The molecule has 2 aliphatic rings. The molecule has 0 bridgehead atoms. The van der Waals surface area contributed by atoms with Crippen LogP contribution in [0, 0.1) is 0 Å². The average molecular weight is 456 g/mol. The minimum atomic E-state index is -0.835. The number of carbonyl (C=O) groups excluding carboxylic acids is 1. The van der Waals surface area contributed by atoms with Crippen molar-refractivity contribution in [2.24, 2.45) is 0 Å². The predicted octanol–water partition coefficient (Wildman–Crippen LogP) is 2.05. The number of rotatable bonds is 6. The van der Waals surface area contributed by atoms with Crippen molar-refractivity contribution in [1.82, 2.24) is 24.8 Å². The monoisotopic (exact) mass is 455 g/mol. The van der Waals surface area contributed by atoms with Gasteiger partial charge in [0.05, 0.1) is 17.5 Å². The van der Waals surface area contributed by atoms with Gasteiger partial charge in [-0.15, -0.1) is 0 Å². The van der Waals surface area contributed by atoms with E-state index >= 15 is 0 Å². The fourth-order valence-corrected chi connectivity index (χ4v) is 4.50. The lowest BCUT2D eigenvalue weighted by Crippen LogP contribution is -2.44. The first-order valence-electron chi connectivity index (χ1n) is 11.4. The molecule has 10 nitrogen and oxygen atoms in total. The smallest absolute Gasteiger partial charge is 0.256 e. The van der Waals surface area contributed by atoms with Crippen LogP contribution in [0.4, 0.5) is 11.6 Å². The van der Waals surface area contributed by atoms with Crippen LogP contribution >= 0.6 is 0 Å². The number of hydrogen-bond donors (Lipinski definition) is 5. The predicted molar refractivity (Wildman–Crippen MR) is 127 cm³/mol. The summed E-state index contributed by atoms with van der Waals surface area (Å²) in [5.41, 5.74) is 0.563. The van der Waals surface area contributed by atoms with E-state index < -0.39 is 11.8 Å². The summed E-state index contributed by atoms with van der Waals surface area (Å²) in [5, 5.41) is 34.7. The van der Waals surface area contributed by atoms with Crippen LogP contribution < -0.4 is 16.0 Å². The van der Waals surface area contributed by atoms with Gasteiger partial charge >= 0.3 is 0 Å². The highest BCUT2D eigenvalue weighted by atomic mass is 16.3. The quantitative estimate of drug-likeness (QED) is 0.448. The first kappa shape index (κ1) is 23.1. The Hall–Kier alpha value is -3.11. The van der Waals surface area contributed by atoms with E-state index in [4.69, 9.17) is 0 Å². The maximum atomic E-state index is 13.1. The summed E-state index contributed by atoms with van der Waals surface area (Å²) >= 11 is 0. The zero-order valence-electron chi connectivity index (χ0n) is 19.5. The molecule has 0 spiro atoms.